The molecule has 1 aliphatic heterocycles. The van der Waals surface area contributed by atoms with Crippen molar-refractivity contribution in [2.75, 3.05) is 53.0 Å². The van der Waals surface area contributed by atoms with E-state index in [1.54, 1.807) is 0 Å². The third-order valence-corrected chi connectivity index (χ3v) is 4.31. The van der Waals surface area contributed by atoms with Crippen LogP contribution in [0.5, 0.6) is 0 Å². The topological polar surface area (TPSA) is 58.1 Å². The van der Waals surface area contributed by atoms with Crippen molar-refractivity contribution in [1.82, 2.24) is 15.5 Å². The summed E-state index contributed by atoms with van der Waals surface area (Å²) in [6, 6.07) is 6.65. The van der Waals surface area contributed by atoms with Gasteiger partial charge in [-0.05, 0) is 44.5 Å². The van der Waals surface area contributed by atoms with Gasteiger partial charge in [-0.2, -0.15) is 0 Å². The second-order valence-corrected chi connectivity index (χ2v) is 6.76. The number of hydrogen-bond donors (Lipinski definition) is 2. The van der Waals surface area contributed by atoms with E-state index in [0.29, 0.717) is 0 Å². The second-order valence-electron chi connectivity index (χ2n) is 6.76. The molecule has 6 nitrogen and oxygen atoms in total. The van der Waals surface area contributed by atoms with Crippen LogP contribution in [0.15, 0.2) is 29.3 Å². The van der Waals surface area contributed by atoms with Gasteiger partial charge >= 0.3 is 0 Å². The van der Waals surface area contributed by atoms with Gasteiger partial charge in [-0.3, -0.25) is 4.99 Å². The Bertz CT molecular complexity index is 547. The van der Waals surface area contributed by atoms with Crippen LogP contribution in [0.25, 0.3) is 0 Å². The molecule has 0 amide bonds. The fraction of sp³-hybridized carbons (Fsp3) is 0.650. The van der Waals surface area contributed by atoms with Crippen molar-refractivity contribution in [3.8, 4) is 0 Å². The van der Waals surface area contributed by atoms with E-state index in [4.69, 9.17) is 9.47 Å². The van der Waals surface area contributed by atoms with Crippen molar-refractivity contribution in [3.05, 3.63) is 35.6 Å². The van der Waals surface area contributed by atoms with Crippen LogP contribution in [0.1, 0.15) is 25.3 Å². The van der Waals surface area contributed by atoms with Crippen molar-refractivity contribution in [2.24, 2.45) is 4.99 Å². The molecule has 0 aliphatic carbocycles. The van der Waals surface area contributed by atoms with Crippen LogP contribution >= 0.6 is 0 Å². The number of rotatable bonds is 11. The maximum atomic E-state index is 13.0. The maximum absolute atomic E-state index is 13.0. The Kier molecular flexibility index (Phi) is 10.1. The molecule has 152 valence electrons. The largest absolute Gasteiger partial charge is 0.379 e. The summed E-state index contributed by atoms with van der Waals surface area (Å²) < 4.78 is 24.0. The highest BCUT2D eigenvalue weighted by atomic mass is 19.1. The number of nitrogens with one attached hydrogen (secondary N) is 2. The first-order chi connectivity index (χ1) is 13.2. The summed E-state index contributed by atoms with van der Waals surface area (Å²) in [5.41, 5.74) is 1.10. The molecule has 27 heavy (non-hydrogen) atoms. The summed E-state index contributed by atoms with van der Waals surface area (Å²) in [5.74, 6) is 0.633. The lowest BCUT2D eigenvalue weighted by atomic mass is 10.2. The van der Waals surface area contributed by atoms with Gasteiger partial charge in [0.25, 0.3) is 0 Å². The van der Waals surface area contributed by atoms with Gasteiger partial charge in [-0.25, -0.2) is 4.39 Å². The van der Waals surface area contributed by atoms with Gasteiger partial charge in [0.2, 0.25) is 0 Å². The number of hydrogen-bond acceptors (Lipinski definition) is 4. The number of aliphatic imine (C=N–C) groups is 1. The van der Waals surface area contributed by atoms with Gasteiger partial charge in [0, 0.05) is 45.9 Å². The van der Waals surface area contributed by atoms with Crippen LogP contribution in [-0.2, 0) is 16.0 Å². The summed E-state index contributed by atoms with van der Waals surface area (Å²) in [7, 11) is 2.05. The fourth-order valence-electron chi connectivity index (χ4n) is 2.84. The highest BCUT2D eigenvalue weighted by molar-refractivity contribution is 5.79. The lowest BCUT2D eigenvalue weighted by molar-refractivity contribution is 0.0424. The van der Waals surface area contributed by atoms with Crippen molar-refractivity contribution in [1.29, 1.82) is 0 Å². The summed E-state index contributed by atoms with van der Waals surface area (Å²) in [5, 5.41) is 6.62. The Labute approximate surface area is 162 Å². The number of benzene rings is 1. The lowest BCUT2D eigenvalue weighted by Gasteiger charge is -2.18. The Morgan fingerprint density at radius 2 is 2.15 bits per heavy atom. The molecular weight excluding hydrogens is 347 g/mol. The number of nitrogens with zero attached hydrogens (tertiary/aromatic N) is 2. The molecule has 1 aliphatic rings. The van der Waals surface area contributed by atoms with Crippen molar-refractivity contribution < 1.29 is 13.9 Å². The van der Waals surface area contributed by atoms with Crippen molar-refractivity contribution >= 4 is 5.96 Å². The van der Waals surface area contributed by atoms with Crippen LogP contribution in [0.2, 0.25) is 0 Å². The van der Waals surface area contributed by atoms with Gasteiger partial charge < -0.3 is 25.0 Å². The van der Waals surface area contributed by atoms with E-state index in [9.17, 15) is 4.39 Å². The quantitative estimate of drug-likeness (QED) is 0.349. The zero-order chi connectivity index (χ0) is 19.3. The zero-order valence-electron chi connectivity index (χ0n) is 16.5. The minimum atomic E-state index is -0.198. The molecule has 0 spiro atoms. The highest BCUT2D eigenvalue weighted by Gasteiger charge is 2.15. The SMILES string of the molecule is CCNC(=NCCCOC1CCOC1)NCCN(C)Cc1ccc(F)cc1. The molecule has 1 heterocycles. The molecule has 1 fully saturated rings. The van der Waals surface area contributed by atoms with Gasteiger partial charge in [0.1, 0.15) is 5.82 Å². The van der Waals surface area contributed by atoms with E-state index in [0.717, 1.165) is 76.9 Å². The van der Waals surface area contributed by atoms with E-state index in [2.05, 4.69) is 34.5 Å². The first-order valence-electron chi connectivity index (χ1n) is 9.82. The first kappa shape index (κ1) is 21.6. The summed E-state index contributed by atoms with van der Waals surface area (Å²) in [6.45, 7) is 8.32. The molecule has 1 atom stereocenters. The monoisotopic (exact) mass is 380 g/mol. The van der Waals surface area contributed by atoms with Crippen LogP contribution in [-0.4, -0.2) is 70.0 Å². The Hall–Kier alpha value is -1.70. The minimum Gasteiger partial charge on any atom is -0.379 e. The van der Waals surface area contributed by atoms with Crippen LogP contribution in [0.3, 0.4) is 0 Å². The molecule has 0 radical (unpaired) electrons. The van der Waals surface area contributed by atoms with Crippen LogP contribution < -0.4 is 10.6 Å². The molecule has 2 rings (SSSR count). The summed E-state index contributed by atoms with van der Waals surface area (Å²) in [4.78, 5) is 6.79. The molecule has 2 N–H and O–H groups in total. The molecule has 1 saturated heterocycles. The standard InChI is InChI=1S/C20H33FN4O2/c1-3-22-20(23-10-4-13-27-19-9-14-26-16-19)24-11-12-25(2)15-17-5-7-18(21)8-6-17/h5-8,19H,3-4,9-16H2,1-2H3,(H2,22,23,24). The minimum absolute atomic E-state index is 0.198. The van der Waals surface area contributed by atoms with E-state index in [1.807, 2.05) is 12.1 Å². The predicted molar refractivity (Wildman–Crippen MR) is 107 cm³/mol. The first-order valence-corrected chi connectivity index (χ1v) is 9.82. The third-order valence-electron chi connectivity index (χ3n) is 4.31. The predicted octanol–water partition coefficient (Wildman–Crippen LogP) is 2.01. The zero-order valence-corrected chi connectivity index (χ0v) is 16.5. The Morgan fingerprint density at radius 1 is 1.33 bits per heavy atom. The summed E-state index contributed by atoms with van der Waals surface area (Å²) >= 11 is 0. The number of guanidine groups is 1. The highest BCUT2D eigenvalue weighted by Crippen LogP contribution is 2.08. The van der Waals surface area contributed by atoms with Gasteiger partial charge in [-0.15, -0.1) is 0 Å². The van der Waals surface area contributed by atoms with Gasteiger partial charge in [0.15, 0.2) is 5.96 Å². The molecule has 0 saturated carbocycles. The molecule has 1 unspecified atom stereocenters. The third kappa shape index (κ3) is 9.17. The normalized spacial score (nSPS) is 17.5. The van der Waals surface area contributed by atoms with Gasteiger partial charge in [0.05, 0.1) is 12.7 Å². The van der Waals surface area contributed by atoms with E-state index >= 15 is 0 Å². The summed E-state index contributed by atoms with van der Waals surface area (Å²) in [6.07, 6.45) is 2.16. The molecule has 7 heteroatoms. The van der Waals surface area contributed by atoms with Crippen LogP contribution in [0.4, 0.5) is 4.39 Å². The average Bonchev–Trinajstić information content (AvgIpc) is 3.17. The second kappa shape index (κ2) is 12.6. The van der Waals surface area contributed by atoms with E-state index < -0.39 is 0 Å². The smallest absolute Gasteiger partial charge is 0.191 e. The lowest BCUT2D eigenvalue weighted by Crippen LogP contribution is -2.41. The fourth-order valence-corrected chi connectivity index (χ4v) is 2.84. The molecule has 1 aromatic carbocycles. The number of halogens is 1. The molecule has 1 aromatic rings. The van der Waals surface area contributed by atoms with Crippen LogP contribution in [0, 0.1) is 5.82 Å². The van der Waals surface area contributed by atoms with E-state index in [-0.39, 0.29) is 11.9 Å². The van der Waals surface area contributed by atoms with E-state index in [1.165, 1.54) is 12.1 Å². The molecule has 0 bridgehead atoms. The van der Waals surface area contributed by atoms with Crippen molar-refractivity contribution in [3.63, 3.8) is 0 Å². The van der Waals surface area contributed by atoms with Gasteiger partial charge in [-0.1, -0.05) is 12.1 Å². The Morgan fingerprint density at radius 3 is 2.85 bits per heavy atom. The molecule has 0 aromatic heterocycles. The Balaban J connectivity index is 1.61. The molecular formula is C20H33FN4O2. The average molecular weight is 381 g/mol. The number of likely N-dealkylation sites (N-methyl/N-ethyl adjacent to an activating group) is 1. The maximum Gasteiger partial charge on any atom is 0.191 e. The number of ether oxygens (including phenoxy) is 2. The van der Waals surface area contributed by atoms with Crippen molar-refractivity contribution in [2.45, 2.75) is 32.4 Å².